The lowest BCUT2D eigenvalue weighted by molar-refractivity contribution is 0.215. The summed E-state index contributed by atoms with van der Waals surface area (Å²) in [6.07, 6.45) is 4.07. The van der Waals surface area contributed by atoms with Crippen LogP contribution in [0.25, 0.3) is 11.0 Å². The van der Waals surface area contributed by atoms with Crippen LogP contribution < -0.4 is 15.2 Å². The van der Waals surface area contributed by atoms with Crippen LogP contribution in [0.2, 0.25) is 16.6 Å². The van der Waals surface area contributed by atoms with Gasteiger partial charge in [0, 0.05) is 35.0 Å². The number of hydrogen-bond donors (Lipinski definition) is 3. The van der Waals surface area contributed by atoms with E-state index in [2.05, 4.69) is 73.7 Å². The average Bonchev–Trinajstić information content (AvgIpc) is 3.29. The van der Waals surface area contributed by atoms with E-state index in [4.69, 9.17) is 4.74 Å². The molecule has 7 nitrogen and oxygen atoms in total. The Labute approximate surface area is 224 Å². The van der Waals surface area contributed by atoms with E-state index in [0.717, 1.165) is 16.6 Å². The molecule has 1 unspecified atom stereocenters. The fourth-order valence-corrected chi connectivity index (χ4v) is 13.6. The van der Waals surface area contributed by atoms with Gasteiger partial charge >= 0.3 is 0 Å². The third kappa shape index (κ3) is 4.69. The molecule has 0 spiro atoms. The Kier molecular flexibility index (Phi) is 7.90. The van der Waals surface area contributed by atoms with Gasteiger partial charge in [-0.15, -0.1) is 0 Å². The van der Waals surface area contributed by atoms with Crippen LogP contribution in [0.3, 0.4) is 0 Å². The van der Waals surface area contributed by atoms with Gasteiger partial charge in [-0.2, -0.15) is 4.39 Å². The molecule has 4 aromatic heterocycles. The smallest absolute Gasteiger partial charge is 0.220 e. The molecule has 4 aromatic rings. The number of halogens is 1. The molecule has 0 fully saturated rings. The van der Waals surface area contributed by atoms with Crippen molar-refractivity contribution in [2.75, 3.05) is 12.4 Å². The van der Waals surface area contributed by atoms with Crippen LogP contribution in [-0.2, 0) is 0 Å². The molecule has 0 bridgehead atoms. The Morgan fingerprint density at radius 2 is 1.63 bits per heavy atom. The normalized spacial score (nSPS) is 13.1. The van der Waals surface area contributed by atoms with E-state index in [0.29, 0.717) is 39.6 Å². The average molecular weight is 536 g/mol. The lowest BCUT2D eigenvalue weighted by atomic mass is 10.0. The minimum atomic E-state index is -2.13. The molecular weight excluding hydrogens is 497 g/mol. The van der Waals surface area contributed by atoms with E-state index in [1.165, 1.54) is 5.19 Å². The molecule has 0 aromatic carbocycles. The second-order valence-corrected chi connectivity index (χ2v) is 16.7. The van der Waals surface area contributed by atoms with Crippen LogP contribution in [0.1, 0.15) is 64.3 Å². The molecule has 0 aliphatic heterocycles. The van der Waals surface area contributed by atoms with Gasteiger partial charge in [0.05, 0.1) is 27.1 Å². The number of aromatic nitrogens is 4. The van der Waals surface area contributed by atoms with Crippen LogP contribution in [-0.4, -0.2) is 40.2 Å². The predicted molar refractivity (Wildman–Crippen MR) is 154 cm³/mol. The van der Waals surface area contributed by atoms with Crippen molar-refractivity contribution >= 4 is 35.8 Å². The van der Waals surface area contributed by atoms with E-state index in [1.807, 2.05) is 6.20 Å². The van der Waals surface area contributed by atoms with Crippen LogP contribution in [0.4, 0.5) is 15.9 Å². The number of ether oxygens (including phenoxy) is 1. The largest absolute Gasteiger partial charge is 0.481 e. The first kappa shape index (κ1) is 27.7. The van der Waals surface area contributed by atoms with Crippen molar-refractivity contribution in [2.45, 2.75) is 71.2 Å². The molecule has 0 saturated carbocycles. The van der Waals surface area contributed by atoms with Gasteiger partial charge in [-0.25, -0.2) is 15.0 Å². The number of hydrogen-bond acceptors (Lipinski definition) is 6. The Morgan fingerprint density at radius 3 is 2.18 bits per heavy atom. The number of anilines is 2. The van der Waals surface area contributed by atoms with Crippen LogP contribution in [0.15, 0.2) is 42.9 Å². The van der Waals surface area contributed by atoms with Gasteiger partial charge in [0.25, 0.3) is 0 Å². The highest BCUT2D eigenvalue weighted by molar-refractivity contribution is 6.96. The molecule has 0 aliphatic carbocycles. The molecule has 0 radical (unpaired) electrons. The van der Waals surface area contributed by atoms with Crippen molar-refractivity contribution in [2.24, 2.45) is 0 Å². The first-order chi connectivity index (χ1) is 18.0. The molecule has 9 heteroatoms. The van der Waals surface area contributed by atoms with Gasteiger partial charge in [0.1, 0.15) is 17.6 Å². The summed E-state index contributed by atoms with van der Waals surface area (Å²) >= 11 is 0. The van der Waals surface area contributed by atoms with Gasteiger partial charge in [-0.05, 0) is 52.5 Å². The van der Waals surface area contributed by atoms with E-state index in [1.54, 1.807) is 43.8 Å². The molecule has 3 N–H and O–H groups in total. The van der Waals surface area contributed by atoms with E-state index in [-0.39, 0.29) is 5.56 Å². The maximum absolute atomic E-state index is 15.3. The van der Waals surface area contributed by atoms with Gasteiger partial charge in [-0.1, -0.05) is 41.5 Å². The Hall–Kier alpha value is -3.30. The number of aromatic amines is 1. The molecule has 4 heterocycles. The standard InChI is InChI=1S/C29H38FN5O2Si/c1-16(2)38(17(3)4,18(5)6)27-19(7)13-32-29-25(27)22(15-33-29)26(36)21-10-11-23(35-28(21)30)34-20-9-12-24(37-8)31-14-20/h9-18,26,36H,1-8H3,(H,32,33)(H,34,35). The minimum Gasteiger partial charge on any atom is -0.481 e. The summed E-state index contributed by atoms with van der Waals surface area (Å²) in [4.78, 5) is 16.1. The van der Waals surface area contributed by atoms with Crippen molar-refractivity contribution in [1.29, 1.82) is 0 Å². The van der Waals surface area contributed by atoms with Gasteiger partial charge in [-0.3, -0.25) is 0 Å². The zero-order chi connectivity index (χ0) is 27.8. The molecule has 202 valence electrons. The highest BCUT2D eigenvalue weighted by Crippen LogP contribution is 2.44. The van der Waals surface area contributed by atoms with Gasteiger partial charge in [0.15, 0.2) is 0 Å². The molecule has 4 rings (SSSR count). The first-order valence-electron chi connectivity index (χ1n) is 13.1. The number of pyridine rings is 3. The number of aliphatic hydroxyl groups is 1. The molecule has 1 atom stereocenters. The number of methoxy groups -OCH3 is 1. The molecule has 0 aliphatic rings. The fourth-order valence-electron chi connectivity index (χ4n) is 6.46. The summed E-state index contributed by atoms with van der Waals surface area (Å²) in [7, 11) is -0.590. The highest BCUT2D eigenvalue weighted by atomic mass is 28.3. The third-order valence-corrected chi connectivity index (χ3v) is 15.1. The number of aryl methyl sites for hydroxylation is 1. The summed E-state index contributed by atoms with van der Waals surface area (Å²) in [5.74, 6) is 0.0597. The van der Waals surface area contributed by atoms with Crippen molar-refractivity contribution in [3.63, 3.8) is 0 Å². The SMILES string of the molecule is COc1ccc(Nc2ccc(C(O)c3c[nH]c4ncc(C)c([Si](C(C)C)(C(C)C)C(C)C)c34)c(F)n2)cn1. The van der Waals surface area contributed by atoms with Crippen molar-refractivity contribution in [3.8, 4) is 5.88 Å². The molecule has 0 amide bonds. The minimum absolute atomic E-state index is 0.114. The summed E-state index contributed by atoms with van der Waals surface area (Å²) < 4.78 is 20.4. The summed E-state index contributed by atoms with van der Waals surface area (Å²) in [5, 5.41) is 16.8. The molecule has 0 saturated heterocycles. The van der Waals surface area contributed by atoms with Crippen LogP contribution in [0.5, 0.6) is 5.88 Å². The Balaban J connectivity index is 1.79. The maximum Gasteiger partial charge on any atom is 0.220 e. The quantitative estimate of drug-likeness (QED) is 0.167. The molecular formula is C29H38FN5O2Si. The Morgan fingerprint density at radius 1 is 0.947 bits per heavy atom. The van der Waals surface area contributed by atoms with Crippen LogP contribution in [0, 0.1) is 12.9 Å². The topological polar surface area (TPSA) is 95.9 Å². The molecule has 38 heavy (non-hydrogen) atoms. The van der Waals surface area contributed by atoms with Gasteiger partial charge < -0.3 is 20.1 Å². The third-order valence-electron chi connectivity index (χ3n) is 7.91. The monoisotopic (exact) mass is 535 g/mol. The van der Waals surface area contributed by atoms with Crippen molar-refractivity contribution < 1.29 is 14.2 Å². The first-order valence-corrected chi connectivity index (χ1v) is 15.3. The summed E-state index contributed by atoms with van der Waals surface area (Å²) in [5.41, 5.74) is 4.62. The number of aliphatic hydroxyl groups excluding tert-OH is 1. The van der Waals surface area contributed by atoms with Crippen molar-refractivity contribution in [3.05, 3.63) is 65.5 Å². The van der Waals surface area contributed by atoms with Gasteiger partial charge in [0.2, 0.25) is 11.8 Å². The zero-order valence-corrected chi connectivity index (χ0v) is 24.4. The van der Waals surface area contributed by atoms with E-state index in [9.17, 15) is 5.11 Å². The summed E-state index contributed by atoms with van der Waals surface area (Å²) in [6.45, 7) is 16.0. The number of nitrogens with zero attached hydrogens (tertiary/aromatic N) is 3. The lowest BCUT2D eigenvalue weighted by Gasteiger charge is -2.45. The van der Waals surface area contributed by atoms with E-state index >= 15 is 4.39 Å². The number of fused-ring (bicyclic) bond motifs is 1. The fraction of sp³-hybridized carbons (Fsp3) is 0.414. The highest BCUT2D eigenvalue weighted by Gasteiger charge is 2.47. The number of H-pyrrole nitrogens is 1. The van der Waals surface area contributed by atoms with Crippen LogP contribution >= 0.6 is 0 Å². The Bertz CT molecular complexity index is 1400. The zero-order valence-electron chi connectivity index (χ0n) is 23.4. The maximum atomic E-state index is 15.3. The number of nitrogens with one attached hydrogen (secondary N) is 2. The lowest BCUT2D eigenvalue weighted by Crippen LogP contribution is -2.57. The number of rotatable bonds is 9. The van der Waals surface area contributed by atoms with Crippen molar-refractivity contribution in [1.82, 2.24) is 19.9 Å². The second-order valence-electron chi connectivity index (χ2n) is 10.9. The summed E-state index contributed by atoms with van der Waals surface area (Å²) in [6, 6.07) is 6.70. The van der Waals surface area contributed by atoms with E-state index < -0.39 is 20.1 Å². The predicted octanol–water partition coefficient (Wildman–Crippen LogP) is 6.52. The second kappa shape index (κ2) is 10.8.